The summed E-state index contributed by atoms with van der Waals surface area (Å²) in [5, 5.41) is 7.71. The van der Waals surface area contributed by atoms with Gasteiger partial charge in [0.2, 0.25) is 0 Å². The van der Waals surface area contributed by atoms with E-state index in [1.54, 1.807) is 0 Å². The van der Waals surface area contributed by atoms with Gasteiger partial charge in [-0.1, -0.05) is 13.3 Å². The molecule has 0 unspecified atom stereocenters. The van der Waals surface area contributed by atoms with Crippen molar-refractivity contribution in [3.8, 4) is 0 Å². The van der Waals surface area contributed by atoms with Gasteiger partial charge in [0.25, 0.3) is 0 Å². The van der Waals surface area contributed by atoms with Crippen LogP contribution in [-0.4, -0.2) is 23.9 Å². The fourth-order valence-corrected chi connectivity index (χ4v) is 0.367. The van der Waals surface area contributed by atoms with Crippen LogP contribution in [0.25, 0.3) is 0 Å². The highest BCUT2D eigenvalue weighted by molar-refractivity contribution is 7.59. The molecular formula is C5H10O6S. The van der Waals surface area contributed by atoms with Gasteiger partial charge in [-0.25, -0.2) is 4.79 Å². The minimum absolute atomic E-state index is 0.312. The highest BCUT2D eigenvalue weighted by atomic mass is 32.2. The average molecular weight is 198 g/mol. The van der Waals surface area contributed by atoms with Crippen LogP contribution < -0.4 is 0 Å². The fraction of sp³-hybridized carbons (Fsp3) is 0.800. The molecule has 0 radical (unpaired) electrons. The Morgan fingerprint density at radius 2 is 1.83 bits per heavy atom. The molecule has 72 valence electrons. The van der Waals surface area contributed by atoms with Crippen molar-refractivity contribution in [2.45, 2.75) is 26.2 Å². The van der Waals surface area contributed by atoms with E-state index in [-0.39, 0.29) is 0 Å². The third-order valence-corrected chi connectivity index (χ3v) is 0.836. The van der Waals surface area contributed by atoms with Crippen LogP contribution in [0.3, 0.4) is 0 Å². The third-order valence-electron chi connectivity index (χ3n) is 0.836. The van der Waals surface area contributed by atoms with Crippen molar-refractivity contribution in [2.24, 2.45) is 0 Å². The number of hydrogen-bond donors (Lipinski definition) is 1. The predicted molar refractivity (Wildman–Crippen MR) is 37.9 cm³/mol. The average Bonchev–Trinajstić information content (AvgIpc) is 1.99. The molecule has 1 N–H and O–H groups in total. The smallest absolute Gasteiger partial charge is 0.301 e. The first-order chi connectivity index (χ1) is 5.54. The van der Waals surface area contributed by atoms with Gasteiger partial charge in [-0.15, -0.1) is 12.6 Å². The summed E-state index contributed by atoms with van der Waals surface area (Å²) in [6, 6.07) is 0. The van der Waals surface area contributed by atoms with Crippen LogP contribution >= 0.6 is 0 Å². The van der Waals surface area contributed by atoms with Gasteiger partial charge < -0.3 is 4.89 Å². The molecule has 7 heteroatoms. The summed E-state index contributed by atoms with van der Waals surface area (Å²) in [6.07, 6.45) is 2.03. The Balaban J connectivity index is 0. The molecule has 0 heterocycles. The van der Waals surface area contributed by atoms with Gasteiger partial charge in [0.05, 0.1) is 0 Å². The van der Waals surface area contributed by atoms with Crippen LogP contribution in [0, 0.1) is 0 Å². The third kappa shape index (κ3) is 23.0. The maximum atomic E-state index is 10.1. The van der Waals surface area contributed by atoms with Crippen molar-refractivity contribution in [1.29, 1.82) is 0 Å². The molecule has 0 atom stereocenters. The standard InChI is InChI=1S/C5H10O3.O3S/c1-2-3-4-5(6)8-7;1-4(2)3/h7H,2-4H2,1H3;. The molecular weight excluding hydrogens is 188 g/mol. The summed E-state index contributed by atoms with van der Waals surface area (Å²) < 4.78 is 25.3. The number of hydrogen-bond acceptors (Lipinski definition) is 6. The number of carbonyl (C=O) groups is 1. The lowest BCUT2D eigenvalue weighted by molar-refractivity contribution is -0.234. The van der Waals surface area contributed by atoms with Crippen molar-refractivity contribution >= 4 is 16.6 Å². The van der Waals surface area contributed by atoms with E-state index in [2.05, 4.69) is 4.89 Å². The largest absolute Gasteiger partial charge is 0.425 e. The first kappa shape index (κ1) is 13.6. The Kier molecular flexibility index (Phi) is 11.4. The lowest BCUT2D eigenvalue weighted by Gasteiger charge is -1.90. The lowest BCUT2D eigenvalue weighted by atomic mass is 10.3. The summed E-state index contributed by atoms with van der Waals surface area (Å²) in [7, 11) is -3.11. The summed E-state index contributed by atoms with van der Waals surface area (Å²) in [5.74, 6) is -0.549. The monoisotopic (exact) mass is 198 g/mol. The second-order valence-corrected chi connectivity index (χ2v) is 2.18. The van der Waals surface area contributed by atoms with E-state index in [0.717, 1.165) is 12.8 Å². The van der Waals surface area contributed by atoms with Crippen molar-refractivity contribution in [3.63, 3.8) is 0 Å². The van der Waals surface area contributed by atoms with Crippen molar-refractivity contribution in [1.82, 2.24) is 0 Å². The Labute approximate surface area is 71.1 Å². The summed E-state index contributed by atoms with van der Waals surface area (Å²) in [5.41, 5.74) is 0. The normalized spacial score (nSPS) is 7.83. The van der Waals surface area contributed by atoms with Gasteiger partial charge in [0, 0.05) is 6.42 Å². The Hall–Kier alpha value is -0.950. The van der Waals surface area contributed by atoms with E-state index in [0.29, 0.717) is 6.42 Å². The molecule has 0 aromatic heterocycles. The van der Waals surface area contributed by atoms with Crippen LogP contribution in [0.5, 0.6) is 0 Å². The molecule has 0 rings (SSSR count). The molecule has 0 aromatic rings. The van der Waals surface area contributed by atoms with E-state index in [4.69, 9.17) is 17.9 Å². The quantitative estimate of drug-likeness (QED) is 0.513. The molecule has 0 amide bonds. The zero-order valence-electron chi connectivity index (χ0n) is 6.52. The first-order valence-corrected chi connectivity index (χ1v) is 4.15. The van der Waals surface area contributed by atoms with Gasteiger partial charge in [-0.2, -0.15) is 5.26 Å². The highest BCUT2D eigenvalue weighted by Gasteiger charge is 1.97. The molecule has 0 spiro atoms. The van der Waals surface area contributed by atoms with Gasteiger partial charge in [-0.05, 0) is 6.42 Å². The predicted octanol–water partition coefficient (Wildman–Crippen LogP) is 0.189. The van der Waals surface area contributed by atoms with E-state index < -0.39 is 16.6 Å². The van der Waals surface area contributed by atoms with Gasteiger partial charge >= 0.3 is 16.6 Å². The summed E-state index contributed by atoms with van der Waals surface area (Å²) in [4.78, 5) is 13.5. The second-order valence-electron chi connectivity index (χ2n) is 1.77. The van der Waals surface area contributed by atoms with Crippen molar-refractivity contribution in [2.75, 3.05) is 0 Å². The van der Waals surface area contributed by atoms with Crippen LogP contribution in [0.1, 0.15) is 26.2 Å². The minimum Gasteiger partial charge on any atom is -0.301 e. The Morgan fingerprint density at radius 1 is 1.42 bits per heavy atom. The lowest BCUT2D eigenvalue weighted by Crippen LogP contribution is -1.98. The van der Waals surface area contributed by atoms with Gasteiger partial charge in [-0.3, -0.25) is 0 Å². The molecule has 6 nitrogen and oxygen atoms in total. The second kappa shape index (κ2) is 10.0. The molecule has 0 aliphatic carbocycles. The molecule has 0 saturated heterocycles. The van der Waals surface area contributed by atoms with E-state index in [1.807, 2.05) is 6.92 Å². The zero-order valence-corrected chi connectivity index (χ0v) is 7.33. The van der Waals surface area contributed by atoms with Crippen LogP contribution in [-0.2, 0) is 20.3 Å². The highest BCUT2D eigenvalue weighted by Crippen LogP contribution is 1.93. The van der Waals surface area contributed by atoms with Crippen LogP contribution in [0.4, 0.5) is 0 Å². The molecule has 0 bridgehead atoms. The number of unbranched alkanes of at least 4 members (excludes halogenated alkanes) is 1. The minimum atomic E-state index is -3.11. The van der Waals surface area contributed by atoms with Crippen molar-refractivity contribution < 1.29 is 27.6 Å². The Morgan fingerprint density at radius 3 is 2.08 bits per heavy atom. The van der Waals surface area contributed by atoms with Gasteiger partial charge in [0.15, 0.2) is 0 Å². The molecule has 0 aliphatic heterocycles. The van der Waals surface area contributed by atoms with Crippen LogP contribution in [0.2, 0.25) is 0 Å². The number of carbonyl (C=O) groups excluding carboxylic acids is 1. The van der Waals surface area contributed by atoms with E-state index in [1.165, 1.54) is 0 Å². The summed E-state index contributed by atoms with van der Waals surface area (Å²) >= 11 is 0. The summed E-state index contributed by atoms with van der Waals surface area (Å²) in [6.45, 7) is 1.96. The maximum Gasteiger partial charge on any atom is 0.425 e. The number of rotatable bonds is 3. The zero-order chi connectivity index (χ0) is 9.98. The molecule has 12 heavy (non-hydrogen) atoms. The molecule has 0 fully saturated rings. The Bertz CT molecular complexity index is 196. The molecule has 0 aliphatic rings. The SMILES string of the molecule is CCCCC(=O)OO.O=S(=O)=O. The maximum absolute atomic E-state index is 10.1. The molecule has 0 saturated carbocycles. The van der Waals surface area contributed by atoms with E-state index >= 15 is 0 Å². The topological polar surface area (TPSA) is 97.7 Å². The molecule has 0 aromatic carbocycles. The van der Waals surface area contributed by atoms with Gasteiger partial charge in [0.1, 0.15) is 0 Å². The first-order valence-electron chi connectivity index (χ1n) is 3.15. The van der Waals surface area contributed by atoms with E-state index in [9.17, 15) is 4.79 Å². The van der Waals surface area contributed by atoms with Crippen LogP contribution in [0.15, 0.2) is 0 Å². The van der Waals surface area contributed by atoms with Crippen molar-refractivity contribution in [3.05, 3.63) is 0 Å². The fourth-order valence-electron chi connectivity index (χ4n) is 0.367.